The van der Waals surface area contributed by atoms with Crippen molar-refractivity contribution in [3.05, 3.63) is 59.1 Å². The first kappa shape index (κ1) is 16.4. The molecular weight excluding hydrogens is 296 g/mol. The zero-order valence-corrected chi connectivity index (χ0v) is 13.7. The van der Waals surface area contributed by atoms with E-state index in [1.54, 1.807) is 0 Å². The second kappa shape index (κ2) is 7.85. The van der Waals surface area contributed by atoms with Gasteiger partial charge in [-0.05, 0) is 41.8 Å². The van der Waals surface area contributed by atoms with Crippen LogP contribution < -0.4 is 10.6 Å². The van der Waals surface area contributed by atoms with Crippen molar-refractivity contribution in [3.63, 3.8) is 0 Å². The molecule has 4 heteroatoms. The van der Waals surface area contributed by atoms with Gasteiger partial charge in [-0.1, -0.05) is 43.6 Å². The second-order valence-electron chi connectivity index (χ2n) is 5.51. The van der Waals surface area contributed by atoms with E-state index in [1.807, 2.05) is 48.5 Å². The molecule has 0 heterocycles. The summed E-state index contributed by atoms with van der Waals surface area (Å²) in [5.41, 5.74) is 3.01. The van der Waals surface area contributed by atoms with Gasteiger partial charge in [0.05, 0.1) is 0 Å². The fourth-order valence-electron chi connectivity index (χ4n) is 2.09. The number of hydrogen-bond donors (Lipinski definition) is 2. The van der Waals surface area contributed by atoms with Crippen molar-refractivity contribution in [1.29, 1.82) is 0 Å². The molecule has 0 saturated carbocycles. The predicted octanol–water partition coefficient (Wildman–Crippen LogP) is 4.90. The number of amides is 1. The minimum Gasteiger partial charge on any atom is -0.384 e. The van der Waals surface area contributed by atoms with Crippen molar-refractivity contribution in [2.24, 2.45) is 0 Å². The zero-order chi connectivity index (χ0) is 15.9. The number of halogens is 1. The van der Waals surface area contributed by atoms with Crippen molar-refractivity contribution in [3.8, 4) is 0 Å². The molecular formula is C18H21ClN2O. The van der Waals surface area contributed by atoms with Gasteiger partial charge in [0.2, 0.25) is 5.91 Å². The van der Waals surface area contributed by atoms with Crippen molar-refractivity contribution in [2.45, 2.75) is 26.2 Å². The molecule has 0 radical (unpaired) electrons. The summed E-state index contributed by atoms with van der Waals surface area (Å²) in [7, 11) is 0. The third-order valence-corrected chi connectivity index (χ3v) is 3.60. The van der Waals surface area contributed by atoms with E-state index in [-0.39, 0.29) is 5.91 Å². The van der Waals surface area contributed by atoms with Crippen LogP contribution in [0.4, 0.5) is 11.4 Å². The highest BCUT2D eigenvalue weighted by atomic mass is 35.5. The van der Waals surface area contributed by atoms with Crippen LogP contribution in [0.5, 0.6) is 0 Å². The molecule has 0 spiro atoms. The molecule has 2 aromatic carbocycles. The van der Waals surface area contributed by atoms with Crippen molar-refractivity contribution in [2.75, 3.05) is 17.2 Å². The Hall–Kier alpha value is -2.00. The van der Waals surface area contributed by atoms with Crippen LogP contribution >= 0.6 is 11.6 Å². The average molecular weight is 317 g/mol. The molecule has 22 heavy (non-hydrogen) atoms. The lowest BCUT2D eigenvalue weighted by Gasteiger charge is -2.09. The number of benzene rings is 2. The fourth-order valence-corrected chi connectivity index (χ4v) is 2.28. The number of anilines is 2. The van der Waals surface area contributed by atoms with Crippen LogP contribution in [0.25, 0.3) is 0 Å². The molecule has 2 aromatic rings. The van der Waals surface area contributed by atoms with Gasteiger partial charge in [-0.15, -0.1) is 0 Å². The summed E-state index contributed by atoms with van der Waals surface area (Å²) < 4.78 is 0. The fraction of sp³-hybridized carbons (Fsp3) is 0.278. The maximum Gasteiger partial charge on any atom is 0.226 e. The molecule has 3 nitrogen and oxygen atoms in total. The van der Waals surface area contributed by atoms with Crippen LogP contribution in [0.2, 0.25) is 5.02 Å². The first-order valence-electron chi connectivity index (χ1n) is 7.44. The second-order valence-corrected chi connectivity index (χ2v) is 5.95. The van der Waals surface area contributed by atoms with Crippen molar-refractivity contribution >= 4 is 28.9 Å². The van der Waals surface area contributed by atoms with E-state index in [1.165, 1.54) is 5.56 Å². The summed E-state index contributed by atoms with van der Waals surface area (Å²) >= 11 is 5.91. The summed E-state index contributed by atoms with van der Waals surface area (Å²) in [4.78, 5) is 11.9. The minimum absolute atomic E-state index is 0.00757. The van der Waals surface area contributed by atoms with Gasteiger partial charge in [0, 0.05) is 29.4 Å². The normalized spacial score (nSPS) is 10.5. The highest BCUT2D eigenvalue weighted by molar-refractivity contribution is 6.30. The number of rotatable bonds is 6. The smallest absolute Gasteiger partial charge is 0.226 e. The summed E-state index contributed by atoms with van der Waals surface area (Å²) in [5.74, 6) is 0.485. The molecule has 2 N–H and O–H groups in total. The van der Waals surface area contributed by atoms with Gasteiger partial charge in [0.1, 0.15) is 0 Å². The Labute approximate surface area is 136 Å². The molecule has 2 rings (SSSR count). The quantitative estimate of drug-likeness (QED) is 0.795. The third-order valence-electron chi connectivity index (χ3n) is 3.37. The van der Waals surface area contributed by atoms with Crippen LogP contribution in [0, 0.1) is 0 Å². The first-order chi connectivity index (χ1) is 10.5. The Morgan fingerprint density at radius 2 is 1.82 bits per heavy atom. The Kier molecular flexibility index (Phi) is 5.84. The Morgan fingerprint density at radius 3 is 2.45 bits per heavy atom. The van der Waals surface area contributed by atoms with E-state index in [2.05, 4.69) is 24.5 Å². The first-order valence-corrected chi connectivity index (χ1v) is 7.81. The van der Waals surface area contributed by atoms with Gasteiger partial charge in [-0.2, -0.15) is 0 Å². The van der Waals surface area contributed by atoms with Gasteiger partial charge in [-0.25, -0.2) is 0 Å². The van der Waals surface area contributed by atoms with Gasteiger partial charge in [-0.3, -0.25) is 4.79 Å². The minimum atomic E-state index is -0.00757. The van der Waals surface area contributed by atoms with Gasteiger partial charge in [0.15, 0.2) is 0 Å². The van der Waals surface area contributed by atoms with Crippen LogP contribution in [0.1, 0.15) is 31.7 Å². The van der Waals surface area contributed by atoms with Gasteiger partial charge in [0.25, 0.3) is 0 Å². The summed E-state index contributed by atoms with van der Waals surface area (Å²) in [6.45, 7) is 4.86. The number of carbonyl (C=O) groups excluding carboxylic acids is 1. The maximum atomic E-state index is 11.9. The third kappa shape index (κ3) is 5.08. The number of carbonyl (C=O) groups is 1. The molecule has 0 bridgehead atoms. The number of nitrogens with one attached hydrogen (secondary N) is 2. The Bertz CT molecular complexity index is 623. The van der Waals surface area contributed by atoms with Crippen LogP contribution in [-0.4, -0.2) is 12.5 Å². The summed E-state index contributed by atoms with van der Waals surface area (Å²) in [5, 5.41) is 6.76. The lowest BCUT2D eigenvalue weighted by atomic mass is 10.0. The summed E-state index contributed by atoms with van der Waals surface area (Å²) in [6, 6.07) is 15.4. The molecule has 0 aromatic heterocycles. The summed E-state index contributed by atoms with van der Waals surface area (Å²) in [6.07, 6.45) is 0.401. The van der Waals surface area contributed by atoms with E-state index >= 15 is 0 Å². The predicted molar refractivity (Wildman–Crippen MR) is 93.7 cm³/mol. The van der Waals surface area contributed by atoms with Crippen LogP contribution in [0.15, 0.2) is 48.5 Å². The average Bonchev–Trinajstić information content (AvgIpc) is 2.48. The molecule has 116 valence electrons. The lowest BCUT2D eigenvalue weighted by molar-refractivity contribution is -0.115. The Morgan fingerprint density at radius 1 is 1.09 bits per heavy atom. The molecule has 0 unspecified atom stereocenters. The topological polar surface area (TPSA) is 41.1 Å². The van der Waals surface area contributed by atoms with Crippen molar-refractivity contribution in [1.82, 2.24) is 0 Å². The number of hydrogen-bond acceptors (Lipinski definition) is 2. The van der Waals surface area contributed by atoms with Gasteiger partial charge < -0.3 is 10.6 Å². The SMILES string of the molecule is CC(C)c1ccc(NC(=O)CCNc2cccc(Cl)c2)cc1. The Balaban J connectivity index is 1.78. The highest BCUT2D eigenvalue weighted by Gasteiger charge is 2.04. The van der Waals surface area contributed by atoms with Crippen molar-refractivity contribution < 1.29 is 4.79 Å². The monoisotopic (exact) mass is 316 g/mol. The molecule has 0 saturated heterocycles. The van der Waals surface area contributed by atoms with E-state index < -0.39 is 0 Å². The van der Waals surface area contributed by atoms with E-state index in [9.17, 15) is 4.79 Å². The van der Waals surface area contributed by atoms with E-state index in [4.69, 9.17) is 11.6 Å². The molecule has 0 atom stereocenters. The highest BCUT2D eigenvalue weighted by Crippen LogP contribution is 2.17. The van der Waals surface area contributed by atoms with E-state index in [0.717, 1.165) is 11.4 Å². The molecule has 1 amide bonds. The molecule has 0 aliphatic rings. The lowest BCUT2D eigenvalue weighted by Crippen LogP contribution is -2.16. The van der Waals surface area contributed by atoms with E-state index in [0.29, 0.717) is 23.9 Å². The van der Waals surface area contributed by atoms with Crippen LogP contribution in [0.3, 0.4) is 0 Å². The maximum absolute atomic E-state index is 11.9. The largest absolute Gasteiger partial charge is 0.384 e. The molecule has 0 aliphatic carbocycles. The molecule has 0 fully saturated rings. The standard InChI is InChI=1S/C18H21ClN2O/c1-13(2)14-6-8-16(9-7-14)21-18(22)10-11-20-17-5-3-4-15(19)12-17/h3-9,12-13,20H,10-11H2,1-2H3,(H,21,22). The zero-order valence-electron chi connectivity index (χ0n) is 12.9. The van der Waals surface area contributed by atoms with Gasteiger partial charge >= 0.3 is 0 Å². The molecule has 0 aliphatic heterocycles. The van der Waals surface area contributed by atoms with Crippen LogP contribution in [-0.2, 0) is 4.79 Å².